The lowest BCUT2D eigenvalue weighted by Gasteiger charge is -2.39. The first-order chi connectivity index (χ1) is 29.1. The predicted molar refractivity (Wildman–Crippen MR) is 225 cm³/mol. The zero-order valence-corrected chi connectivity index (χ0v) is 35.5. The number of ether oxygens (including phenoxy) is 5. The van der Waals surface area contributed by atoms with Gasteiger partial charge in [-0.25, -0.2) is 9.65 Å². The highest BCUT2D eigenvalue weighted by molar-refractivity contribution is 7.44. The van der Waals surface area contributed by atoms with E-state index in [-0.39, 0.29) is 61.9 Å². The summed E-state index contributed by atoms with van der Waals surface area (Å²) in [4.78, 5) is 24.2. The van der Waals surface area contributed by atoms with Crippen LogP contribution in [-0.4, -0.2) is 88.6 Å². The highest BCUT2D eigenvalue weighted by Gasteiger charge is 2.51. The Morgan fingerprint density at radius 2 is 1.47 bits per heavy atom. The summed E-state index contributed by atoms with van der Waals surface area (Å²) in [6, 6.07) is 29.5. The van der Waals surface area contributed by atoms with Gasteiger partial charge < -0.3 is 38.5 Å². The maximum atomic E-state index is 13.0. The minimum atomic E-state index is -1.84. The molecule has 5 aromatic rings. The number of rotatable bonds is 20. The minimum absolute atomic E-state index is 0.0173. The normalized spacial score (nSPS) is 18.5. The highest BCUT2D eigenvalue weighted by Crippen LogP contribution is 2.51. The van der Waals surface area contributed by atoms with Crippen LogP contribution in [0.3, 0.4) is 0 Å². The van der Waals surface area contributed by atoms with Crippen LogP contribution < -0.4 is 20.8 Å². The lowest BCUT2D eigenvalue weighted by molar-refractivity contribution is -0.0952. The summed E-state index contributed by atoms with van der Waals surface area (Å²) in [5.41, 5.74) is 6.96. The van der Waals surface area contributed by atoms with Gasteiger partial charge in [0.2, 0.25) is 5.95 Å². The predicted octanol–water partition coefficient (Wildman–Crippen LogP) is 6.59. The zero-order chi connectivity index (χ0) is 42.8. The van der Waals surface area contributed by atoms with Gasteiger partial charge in [-0.15, -0.1) is 0 Å². The fraction of sp³-hybridized carbons (Fsp3) is 0.419. The van der Waals surface area contributed by atoms with Gasteiger partial charge in [0.1, 0.15) is 35.4 Å². The fourth-order valence-electron chi connectivity index (χ4n) is 7.42. The molecule has 1 fully saturated rings. The number of imidazole rings is 1. The van der Waals surface area contributed by atoms with Gasteiger partial charge in [-0.2, -0.15) is 15.5 Å². The van der Waals surface area contributed by atoms with Crippen LogP contribution in [0.25, 0.3) is 11.2 Å². The molecule has 1 unspecified atom stereocenters. The lowest BCUT2D eigenvalue weighted by atomic mass is 9.80. The number of fused-ring (bicyclic) bond motifs is 1. The number of nitrogen functional groups attached to an aromatic ring is 1. The van der Waals surface area contributed by atoms with Crippen LogP contribution in [0.15, 0.2) is 90.0 Å². The summed E-state index contributed by atoms with van der Waals surface area (Å²) < 4.78 is 49.1. The Balaban J connectivity index is 1.52. The van der Waals surface area contributed by atoms with Crippen LogP contribution in [0, 0.1) is 22.7 Å². The lowest BCUT2D eigenvalue weighted by Crippen LogP contribution is -2.43. The van der Waals surface area contributed by atoms with E-state index in [1.807, 2.05) is 107 Å². The van der Waals surface area contributed by atoms with E-state index in [2.05, 4.69) is 31.8 Å². The van der Waals surface area contributed by atoms with E-state index >= 15 is 0 Å². The van der Waals surface area contributed by atoms with Crippen LogP contribution in [0.5, 0.6) is 11.5 Å². The first-order valence-electron chi connectivity index (χ1n) is 19.7. The summed E-state index contributed by atoms with van der Waals surface area (Å²) in [6.45, 7) is 8.28. The average molecular weight is 839 g/mol. The van der Waals surface area contributed by atoms with Gasteiger partial charge in [0.05, 0.1) is 65.3 Å². The number of nitriles is 2. The van der Waals surface area contributed by atoms with Crippen molar-refractivity contribution in [1.29, 1.82) is 10.5 Å². The van der Waals surface area contributed by atoms with Crippen molar-refractivity contribution < 1.29 is 32.7 Å². The third-order valence-corrected chi connectivity index (χ3v) is 12.2. The Bertz CT molecular complexity index is 2240. The molecule has 1 aliphatic heterocycles. The quantitative estimate of drug-likeness (QED) is 0.0483. The second kappa shape index (κ2) is 20.2. The van der Waals surface area contributed by atoms with E-state index in [4.69, 9.17) is 38.5 Å². The van der Waals surface area contributed by atoms with Crippen molar-refractivity contribution in [3.63, 3.8) is 0 Å². The van der Waals surface area contributed by atoms with Crippen molar-refractivity contribution >= 4 is 25.6 Å². The Morgan fingerprint density at radius 1 is 0.883 bits per heavy atom. The topological polar surface area (TPSA) is 205 Å². The zero-order valence-electron chi connectivity index (χ0n) is 34.6. The van der Waals surface area contributed by atoms with E-state index in [9.17, 15) is 15.3 Å². The monoisotopic (exact) mass is 838 g/mol. The first-order valence-corrected chi connectivity index (χ1v) is 20.8. The third kappa shape index (κ3) is 9.46. The summed E-state index contributed by atoms with van der Waals surface area (Å²) in [5.74, 6) is 1.24. The molecule has 3 heterocycles. The summed E-state index contributed by atoms with van der Waals surface area (Å²) >= 11 is 0. The Hall–Kier alpha value is -5.42. The molecule has 60 heavy (non-hydrogen) atoms. The van der Waals surface area contributed by atoms with Gasteiger partial charge in [0, 0.05) is 12.1 Å². The van der Waals surface area contributed by atoms with Gasteiger partial charge in [0.25, 0.3) is 14.1 Å². The van der Waals surface area contributed by atoms with E-state index in [0.29, 0.717) is 11.5 Å². The number of hydrogen-bond donors (Lipinski definition) is 2. The van der Waals surface area contributed by atoms with Crippen molar-refractivity contribution in [3.8, 4) is 23.6 Å². The summed E-state index contributed by atoms with van der Waals surface area (Å²) in [7, 11) is 1.39. The molecule has 0 aliphatic carbocycles. The van der Waals surface area contributed by atoms with Crippen LogP contribution in [-0.2, 0) is 28.9 Å². The van der Waals surface area contributed by atoms with Crippen molar-refractivity contribution in [3.05, 3.63) is 112 Å². The second-order valence-electron chi connectivity index (χ2n) is 14.5. The highest BCUT2D eigenvalue weighted by atomic mass is 31.2. The molecule has 0 radical (unpaired) electrons. The Morgan fingerprint density at radius 3 is 2.03 bits per heavy atom. The average Bonchev–Trinajstić information content (AvgIpc) is 3.82. The number of H-pyrrole nitrogens is 1. The number of hydrogen-bond acceptors (Lipinski definition) is 14. The van der Waals surface area contributed by atoms with Crippen LogP contribution in [0.2, 0.25) is 0 Å². The second-order valence-corrected chi connectivity index (χ2v) is 15.9. The molecule has 6 rings (SSSR count). The molecule has 1 aliphatic rings. The molecule has 17 heteroatoms. The van der Waals surface area contributed by atoms with Gasteiger partial charge >= 0.3 is 0 Å². The van der Waals surface area contributed by atoms with Crippen molar-refractivity contribution in [2.75, 3.05) is 39.8 Å². The standard InChI is InChI=1S/C43H51N8O8P/c1-28(2)51(29(3)4)60(57-25-11-23-45)59-37-35(58-41(38(37)55-24-10-22-44)50-27-47-36-39(50)48-42(46)49-40(36)52)26-56-43(30-12-8-7-9-13-30,31-14-18-33(53-5)19-15-31)32-16-20-34(54-6)21-17-32/h7-9,12-21,27-29,35,37-38,41H,10-11,24-26H2,1-6H3,(H3,46,48,49,52)/t35-,37-,38-,41-,60?/m1/s1. The number of nitrogens with zero attached hydrogens (tertiary/aromatic N) is 6. The molecule has 3 aromatic carbocycles. The SMILES string of the molecule is COc1ccc(C(OC[C@H]2O[C@@H](n3cnc4c(=O)[nH]c(N)nc43)[C@H](OCCC#N)[C@@H]2OP(OCCC#N)N(C(C)C)C(C)C)(c2ccccc2)c2ccc(OC)cc2)cc1. The fourth-order valence-corrected chi connectivity index (χ4v) is 9.19. The molecular weight excluding hydrogens is 787 g/mol. The molecule has 16 nitrogen and oxygen atoms in total. The van der Waals surface area contributed by atoms with Gasteiger partial charge in [-0.3, -0.25) is 14.3 Å². The van der Waals surface area contributed by atoms with Crippen LogP contribution in [0.4, 0.5) is 5.95 Å². The summed E-state index contributed by atoms with van der Waals surface area (Å²) in [6.07, 6.45) is -2.00. The Labute approximate surface area is 350 Å². The molecule has 3 N–H and O–H groups in total. The number of aromatic amines is 1. The van der Waals surface area contributed by atoms with E-state index in [1.54, 1.807) is 18.8 Å². The largest absolute Gasteiger partial charge is 0.497 e. The number of nitrogens with two attached hydrogens (primary N) is 1. The van der Waals surface area contributed by atoms with Gasteiger partial charge in [-0.05, 0) is 68.7 Å². The summed E-state index contributed by atoms with van der Waals surface area (Å²) in [5, 5.41) is 19.0. The molecular formula is C43H51N8O8P. The molecule has 0 bridgehead atoms. The molecule has 1 saturated heterocycles. The smallest absolute Gasteiger partial charge is 0.280 e. The molecule has 0 amide bonds. The Kier molecular flexibility index (Phi) is 14.9. The molecule has 316 valence electrons. The maximum absolute atomic E-state index is 13.0. The van der Waals surface area contributed by atoms with Crippen LogP contribution in [0.1, 0.15) is 63.5 Å². The third-order valence-electron chi connectivity index (χ3n) is 10.0. The number of nitrogens with one attached hydrogen (secondary N) is 1. The van der Waals surface area contributed by atoms with Crippen LogP contribution >= 0.6 is 8.53 Å². The number of aromatic nitrogens is 4. The van der Waals surface area contributed by atoms with E-state index in [1.165, 1.54) is 6.33 Å². The van der Waals surface area contributed by atoms with Gasteiger partial charge in [0.15, 0.2) is 17.4 Å². The minimum Gasteiger partial charge on any atom is -0.497 e. The number of benzene rings is 3. The van der Waals surface area contributed by atoms with Gasteiger partial charge in [-0.1, -0.05) is 54.6 Å². The molecule has 0 saturated carbocycles. The molecule has 5 atom stereocenters. The van der Waals surface area contributed by atoms with Crippen molar-refractivity contribution in [1.82, 2.24) is 24.2 Å². The van der Waals surface area contributed by atoms with Crippen molar-refractivity contribution in [2.45, 2.75) is 82.8 Å². The van der Waals surface area contributed by atoms with E-state index < -0.39 is 44.2 Å². The number of methoxy groups -OCH3 is 2. The first kappa shape index (κ1) is 44.1. The molecule has 2 aromatic heterocycles. The molecule has 0 spiro atoms. The maximum Gasteiger partial charge on any atom is 0.280 e. The van der Waals surface area contributed by atoms with E-state index in [0.717, 1.165) is 16.7 Å². The van der Waals surface area contributed by atoms with Crippen molar-refractivity contribution in [2.24, 2.45) is 0 Å². The number of anilines is 1.